The average molecular weight is 382 g/mol. The highest BCUT2D eigenvalue weighted by atomic mass is 16.6. The summed E-state index contributed by atoms with van der Waals surface area (Å²) in [6.07, 6.45) is 0. The summed E-state index contributed by atoms with van der Waals surface area (Å²) in [4.78, 5) is 30.6. The fourth-order valence-electron chi connectivity index (χ4n) is 2.43. The van der Waals surface area contributed by atoms with Crippen LogP contribution >= 0.6 is 0 Å². The molecule has 0 spiro atoms. The Morgan fingerprint density at radius 3 is 2.43 bits per heavy atom. The zero-order valence-electron chi connectivity index (χ0n) is 15.2. The Hall–Kier alpha value is -3.95. The van der Waals surface area contributed by atoms with E-state index in [0.717, 1.165) is 24.1 Å². The quantitative estimate of drug-likeness (QED) is 0.416. The molecular formula is C18H18N6O4. The minimum atomic E-state index is -0.701. The van der Waals surface area contributed by atoms with Crippen molar-refractivity contribution in [3.05, 3.63) is 64.2 Å². The molecule has 0 fully saturated rings. The second kappa shape index (κ2) is 8.16. The lowest BCUT2D eigenvalue weighted by Gasteiger charge is -2.10. The molecule has 1 amide bonds. The van der Waals surface area contributed by atoms with Crippen LogP contribution in [0.25, 0.3) is 0 Å². The van der Waals surface area contributed by atoms with E-state index in [1.54, 1.807) is 30.3 Å². The second-order valence-electron chi connectivity index (χ2n) is 5.77. The Morgan fingerprint density at radius 1 is 1.11 bits per heavy atom. The summed E-state index contributed by atoms with van der Waals surface area (Å²) in [5.74, 6) is 0.813. The first-order valence-electron chi connectivity index (χ1n) is 8.47. The van der Waals surface area contributed by atoms with Gasteiger partial charge in [0, 0.05) is 24.0 Å². The van der Waals surface area contributed by atoms with E-state index in [4.69, 9.17) is 4.42 Å². The van der Waals surface area contributed by atoms with E-state index < -0.39 is 16.7 Å². The van der Waals surface area contributed by atoms with Gasteiger partial charge in [0.05, 0.1) is 6.07 Å². The maximum atomic E-state index is 12.1. The standard InChI is InChI=1S/C18H18N6O4/c1-3-19-15-10-16(21-11(2)20-15)22-12-4-6-13(7-5-12)23-18(25)14-8-9-17(28-14)24(26)27/h4-10H,3H2,1-2H3,(H,23,25)(H2,19,20,21,22). The maximum absolute atomic E-state index is 12.1. The number of nitro groups is 1. The Labute approximate surface area is 160 Å². The third-order valence-electron chi connectivity index (χ3n) is 3.61. The van der Waals surface area contributed by atoms with Crippen LogP contribution in [0.4, 0.5) is 28.9 Å². The molecule has 0 aliphatic rings. The summed E-state index contributed by atoms with van der Waals surface area (Å²) in [6.45, 7) is 4.55. The minimum Gasteiger partial charge on any atom is -0.395 e. The lowest BCUT2D eigenvalue weighted by atomic mass is 10.2. The Morgan fingerprint density at radius 2 is 1.79 bits per heavy atom. The molecule has 28 heavy (non-hydrogen) atoms. The van der Waals surface area contributed by atoms with Gasteiger partial charge in [0.15, 0.2) is 5.76 Å². The van der Waals surface area contributed by atoms with Crippen molar-refractivity contribution in [2.24, 2.45) is 0 Å². The van der Waals surface area contributed by atoms with Gasteiger partial charge in [0.2, 0.25) is 0 Å². The number of aromatic nitrogens is 2. The number of hydrogen-bond donors (Lipinski definition) is 3. The first-order chi connectivity index (χ1) is 13.4. The highest BCUT2D eigenvalue weighted by Crippen LogP contribution is 2.21. The van der Waals surface area contributed by atoms with Crippen LogP contribution < -0.4 is 16.0 Å². The van der Waals surface area contributed by atoms with Gasteiger partial charge in [-0.25, -0.2) is 9.97 Å². The molecule has 0 aliphatic carbocycles. The van der Waals surface area contributed by atoms with E-state index in [9.17, 15) is 14.9 Å². The summed E-state index contributed by atoms with van der Waals surface area (Å²) < 4.78 is 4.88. The molecule has 10 heteroatoms. The molecule has 2 heterocycles. The summed E-state index contributed by atoms with van der Waals surface area (Å²) in [7, 11) is 0. The zero-order chi connectivity index (χ0) is 20.1. The molecule has 10 nitrogen and oxygen atoms in total. The number of aryl methyl sites for hydroxylation is 1. The summed E-state index contributed by atoms with van der Waals surface area (Å²) in [5, 5.41) is 19.6. The van der Waals surface area contributed by atoms with Gasteiger partial charge >= 0.3 is 5.88 Å². The summed E-state index contributed by atoms with van der Waals surface area (Å²) >= 11 is 0. The van der Waals surface area contributed by atoms with Crippen molar-refractivity contribution >= 4 is 34.8 Å². The van der Waals surface area contributed by atoms with Crippen molar-refractivity contribution in [3.63, 3.8) is 0 Å². The van der Waals surface area contributed by atoms with E-state index in [-0.39, 0.29) is 5.76 Å². The van der Waals surface area contributed by atoms with Crippen molar-refractivity contribution in [1.29, 1.82) is 0 Å². The van der Waals surface area contributed by atoms with Gasteiger partial charge in [-0.15, -0.1) is 0 Å². The zero-order valence-corrected chi connectivity index (χ0v) is 15.2. The molecule has 0 atom stereocenters. The van der Waals surface area contributed by atoms with Gasteiger partial charge in [0.25, 0.3) is 5.91 Å². The van der Waals surface area contributed by atoms with Crippen molar-refractivity contribution in [2.75, 3.05) is 22.5 Å². The lowest BCUT2D eigenvalue weighted by Crippen LogP contribution is -2.10. The van der Waals surface area contributed by atoms with Crippen molar-refractivity contribution in [1.82, 2.24) is 9.97 Å². The number of rotatable bonds is 7. The molecule has 0 saturated carbocycles. The first-order valence-corrected chi connectivity index (χ1v) is 8.47. The smallest absolute Gasteiger partial charge is 0.395 e. The summed E-state index contributed by atoms with van der Waals surface area (Å²) in [5.41, 5.74) is 1.29. The first kappa shape index (κ1) is 18.8. The normalized spacial score (nSPS) is 10.4. The second-order valence-corrected chi connectivity index (χ2v) is 5.77. The number of furan rings is 1. The van der Waals surface area contributed by atoms with Crippen molar-refractivity contribution < 1.29 is 14.1 Å². The highest BCUT2D eigenvalue weighted by Gasteiger charge is 2.17. The third kappa shape index (κ3) is 4.61. The molecule has 3 aromatic rings. The Kier molecular flexibility index (Phi) is 5.49. The molecule has 0 radical (unpaired) electrons. The van der Waals surface area contributed by atoms with E-state index in [1.165, 1.54) is 6.07 Å². The van der Waals surface area contributed by atoms with Crippen LogP contribution in [0.3, 0.4) is 0 Å². The van der Waals surface area contributed by atoms with E-state index >= 15 is 0 Å². The van der Waals surface area contributed by atoms with Crippen LogP contribution in [0.5, 0.6) is 0 Å². The molecule has 0 saturated heterocycles. The molecule has 2 aromatic heterocycles. The predicted octanol–water partition coefficient (Wildman–Crippen LogP) is 3.71. The largest absolute Gasteiger partial charge is 0.433 e. The van der Waals surface area contributed by atoms with Crippen LogP contribution in [0, 0.1) is 17.0 Å². The Balaban J connectivity index is 1.66. The Bertz CT molecular complexity index is 1000. The molecular weight excluding hydrogens is 364 g/mol. The van der Waals surface area contributed by atoms with Gasteiger partial charge < -0.3 is 20.4 Å². The maximum Gasteiger partial charge on any atom is 0.433 e. The van der Waals surface area contributed by atoms with Crippen LogP contribution in [0.15, 0.2) is 46.9 Å². The lowest BCUT2D eigenvalue weighted by molar-refractivity contribution is -0.402. The number of carbonyl (C=O) groups excluding carboxylic acids is 1. The number of nitrogens with zero attached hydrogens (tertiary/aromatic N) is 3. The minimum absolute atomic E-state index is 0.138. The van der Waals surface area contributed by atoms with E-state index in [0.29, 0.717) is 17.3 Å². The van der Waals surface area contributed by atoms with Gasteiger partial charge in [-0.1, -0.05) is 0 Å². The number of benzene rings is 1. The number of anilines is 4. The molecule has 0 bridgehead atoms. The number of hydrogen-bond acceptors (Lipinski definition) is 8. The topological polar surface area (TPSA) is 135 Å². The number of amides is 1. The molecule has 144 valence electrons. The molecule has 3 rings (SSSR count). The monoisotopic (exact) mass is 382 g/mol. The van der Waals surface area contributed by atoms with Crippen molar-refractivity contribution in [3.8, 4) is 0 Å². The SMILES string of the molecule is CCNc1cc(Nc2ccc(NC(=O)c3ccc([N+](=O)[O-])o3)cc2)nc(C)n1. The molecule has 0 unspecified atom stereocenters. The number of carbonyl (C=O) groups is 1. The summed E-state index contributed by atoms with van der Waals surface area (Å²) in [6, 6.07) is 11.1. The van der Waals surface area contributed by atoms with Gasteiger partial charge in [0.1, 0.15) is 22.4 Å². The highest BCUT2D eigenvalue weighted by molar-refractivity contribution is 6.02. The van der Waals surface area contributed by atoms with Crippen LogP contribution in [0.2, 0.25) is 0 Å². The predicted molar refractivity (Wildman–Crippen MR) is 104 cm³/mol. The third-order valence-corrected chi connectivity index (χ3v) is 3.61. The van der Waals surface area contributed by atoms with Crippen LogP contribution in [0.1, 0.15) is 23.3 Å². The van der Waals surface area contributed by atoms with Crippen LogP contribution in [-0.4, -0.2) is 27.3 Å². The molecule has 1 aromatic carbocycles. The fraction of sp³-hybridized carbons (Fsp3) is 0.167. The van der Waals surface area contributed by atoms with Crippen molar-refractivity contribution in [2.45, 2.75) is 13.8 Å². The average Bonchev–Trinajstić information content (AvgIpc) is 3.14. The van der Waals surface area contributed by atoms with Gasteiger partial charge in [-0.3, -0.25) is 14.9 Å². The number of nitrogens with one attached hydrogen (secondary N) is 3. The van der Waals surface area contributed by atoms with Gasteiger partial charge in [-0.2, -0.15) is 0 Å². The molecule has 3 N–H and O–H groups in total. The molecule has 0 aliphatic heterocycles. The van der Waals surface area contributed by atoms with Crippen LogP contribution in [-0.2, 0) is 0 Å². The van der Waals surface area contributed by atoms with E-state index in [1.807, 2.05) is 13.8 Å². The van der Waals surface area contributed by atoms with E-state index in [2.05, 4.69) is 25.9 Å². The fourth-order valence-corrected chi connectivity index (χ4v) is 2.43. The van der Waals surface area contributed by atoms with Gasteiger partial charge in [-0.05, 0) is 44.2 Å².